The van der Waals surface area contributed by atoms with Crippen molar-refractivity contribution in [2.24, 2.45) is 0 Å². The van der Waals surface area contributed by atoms with E-state index in [1.54, 1.807) is 11.3 Å². The number of carbonyl (C=O) groups is 1. The van der Waals surface area contributed by atoms with Crippen LogP contribution < -0.4 is 5.32 Å². The van der Waals surface area contributed by atoms with Gasteiger partial charge in [0.1, 0.15) is 0 Å². The third-order valence-corrected chi connectivity index (χ3v) is 3.31. The van der Waals surface area contributed by atoms with E-state index in [2.05, 4.69) is 15.2 Å². The second kappa shape index (κ2) is 4.72. The van der Waals surface area contributed by atoms with Crippen molar-refractivity contribution in [2.75, 3.05) is 18.4 Å². The van der Waals surface area contributed by atoms with E-state index in [1.807, 2.05) is 6.20 Å². The SMILES string of the molecule is CC(=O)Nc1ncc(CN2CCCC2)s1. The van der Waals surface area contributed by atoms with Gasteiger partial charge in [-0.25, -0.2) is 4.98 Å². The topological polar surface area (TPSA) is 45.2 Å². The zero-order chi connectivity index (χ0) is 10.7. The highest BCUT2D eigenvalue weighted by atomic mass is 32.1. The lowest BCUT2D eigenvalue weighted by molar-refractivity contribution is -0.114. The molecule has 0 bridgehead atoms. The summed E-state index contributed by atoms with van der Waals surface area (Å²) in [5, 5.41) is 3.41. The first-order valence-corrected chi connectivity index (χ1v) is 6.00. The molecule has 82 valence electrons. The average Bonchev–Trinajstić information content (AvgIpc) is 2.77. The van der Waals surface area contributed by atoms with E-state index in [-0.39, 0.29) is 5.91 Å². The number of anilines is 1. The number of nitrogens with one attached hydrogen (secondary N) is 1. The van der Waals surface area contributed by atoms with Crippen molar-refractivity contribution >= 4 is 22.4 Å². The minimum absolute atomic E-state index is 0.0583. The number of aromatic nitrogens is 1. The molecule has 5 heteroatoms. The van der Waals surface area contributed by atoms with Gasteiger partial charge < -0.3 is 5.32 Å². The number of hydrogen-bond donors (Lipinski definition) is 1. The fourth-order valence-corrected chi connectivity index (χ4v) is 2.65. The molecule has 0 aromatic carbocycles. The highest BCUT2D eigenvalue weighted by Gasteiger charge is 2.13. The molecule has 1 saturated heterocycles. The van der Waals surface area contributed by atoms with Crippen molar-refractivity contribution in [2.45, 2.75) is 26.3 Å². The summed E-state index contributed by atoms with van der Waals surface area (Å²) < 4.78 is 0. The van der Waals surface area contributed by atoms with Gasteiger partial charge in [0.05, 0.1) is 0 Å². The Morgan fingerprint density at radius 2 is 2.33 bits per heavy atom. The van der Waals surface area contributed by atoms with E-state index >= 15 is 0 Å². The number of rotatable bonds is 3. The van der Waals surface area contributed by atoms with Gasteiger partial charge in [0.2, 0.25) is 5.91 Å². The van der Waals surface area contributed by atoms with Crippen LogP contribution in [0.25, 0.3) is 0 Å². The van der Waals surface area contributed by atoms with Crippen LogP contribution in [-0.2, 0) is 11.3 Å². The Bertz CT molecular complexity index is 344. The van der Waals surface area contributed by atoms with E-state index in [1.165, 1.54) is 37.7 Å². The maximum Gasteiger partial charge on any atom is 0.223 e. The molecule has 1 fully saturated rings. The first kappa shape index (κ1) is 10.6. The summed E-state index contributed by atoms with van der Waals surface area (Å²) in [6, 6.07) is 0. The van der Waals surface area contributed by atoms with Crippen LogP contribution >= 0.6 is 11.3 Å². The predicted molar refractivity (Wildman–Crippen MR) is 60.9 cm³/mol. The van der Waals surface area contributed by atoms with Gasteiger partial charge in [-0.3, -0.25) is 9.69 Å². The van der Waals surface area contributed by atoms with Gasteiger partial charge in [0.15, 0.2) is 5.13 Å². The molecule has 1 aliphatic rings. The van der Waals surface area contributed by atoms with E-state index in [9.17, 15) is 4.79 Å². The smallest absolute Gasteiger partial charge is 0.223 e. The summed E-state index contributed by atoms with van der Waals surface area (Å²) in [4.78, 5) is 18.6. The fraction of sp³-hybridized carbons (Fsp3) is 0.600. The van der Waals surface area contributed by atoms with Crippen molar-refractivity contribution in [3.63, 3.8) is 0 Å². The normalized spacial score (nSPS) is 16.9. The van der Waals surface area contributed by atoms with Crippen LogP contribution in [0.4, 0.5) is 5.13 Å². The number of amides is 1. The standard InChI is InChI=1S/C10H15N3OS/c1-8(14)12-10-11-6-9(15-10)7-13-4-2-3-5-13/h6H,2-5,7H2,1H3,(H,11,12,14). The highest BCUT2D eigenvalue weighted by molar-refractivity contribution is 7.15. The molecular formula is C10H15N3OS. The molecule has 1 amide bonds. The summed E-state index contributed by atoms with van der Waals surface area (Å²) in [6.45, 7) is 4.85. The summed E-state index contributed by atoms with van der Waals surface area (Å²) in [7, 11) is 0. The maximum absolute atomic E-state index is 10.8. The van der Waals surface area contributed by atoms with Crippen molar-refractivity contribution in [3.8, 4) is 0 Å². The maximum atomic E-state index is 10.8. The molecule has 1 aliphatic heterocycles. The van der Waals surface area contributed by atoms with Gasteiger partial charge in [-0.2, -0.15) is 0 Å². The van der Waals surface area contributed by atoms with Crippen LogP contribution in [0.2, 0.25) is 0 Å². The molecule has 2 rings (SSSR count). The monoisotopic (exact) mass is 225 g/mol. The molecule has 1 N–H and O–H groups in total. The second-order valence-corrected chi connectivity index (χ2v) is 4.91. The first-order chi connectivity index (χ1) is 7.24. The predicted octanol–water partition coefficient (Wildman–Crippen LogP) is 1.70. The number of nitrogens with zero attached hydrogens (tertiary/aromatic N) is 2. The van der Waals surface area contributed by atoms with E-state index < -0.39 is 0 Å². The van der Waals surface area contributed by atoms with Crippen LogP contribution in [0.3, 0.4) is 0 Å². The zero-order valence-electron chi connectivity index (χ0n) is 8.82. The van der Waals surface area contributed by atoms with E-state index in [4.69, 9.17) is 0 Å². The molecule has 0 unspecified atom stereocenters. The Morgan fingerprint density at radius 3 is 3.00 bits per heavy atom. The molecule has 0 radical (unpaired) electrons. The summed E-state index contributed by atoms with van der Waals surface area (Å²) in [5.74, 6) is -0.0583. The summed E-state index contributed by atoms with van der Waals surface area (Å²) in [6.07, 6.45) is 4.46. The van der Waals surface area contributed by atoms with Crippen molar-refractivity contribution in [3.05, 3.63) is 11.1 Å². The van der Waals surface area contributed by atoms with Crippen molar-refractivity contribution in [1.82, 2.24) is 9.88 Å². The molecule has 2 heterocycles. The quantitative estimate of drug-likeness (QED) is 0.851. The minimum Gasteiger partial charge on any atom is -0.302 e. The Hall–Kier alpha value is -0.940. The van der Waals surface area contributed by atoms with Gasteiger partial charge in [0.25, 0.3) is 0 Å². The lowest BCUT2D eigenvalue weighted by Gasteiger charge is -2.11. The molecule has 15 heavy (non-hydrogen) atoms. The van der Waals surface area contributed by atoms with Gasteiger partial charge in [-0.05, 0) is 25.9 Å². The number of thiazole rings is 1. The summed E-state index contributed by atoms with van der Waals surface area (Å²) >= 11 is 1.56. The van der Waals surface area contributed by atoms with Crippen LogP contribution in [0, 0.1) is 0 Å². The highest BCUT2D eigenvalue weighted by Crippen LogP contribution is 2.21. The third-order valence-electron chi connectivity index (χ3n) is 2.41. The van der Waals surface area contributed by atoms with Crippen LogP contribution in [-0.4, -0.2) is 28.9 Å². The lowest BCUT2D eigenvalue weighted by atomic mass is 10.4. The summed E-state index contributed by atoms with van der Waals surface area (Å²) in [5.41, 5.74) is 0. The second-order valence-electron chi connectivity index (χ2n) is 3.80. The van der Waals surface area contributed by atoms with Crippen molar-refractivity contribution < 1.29 is 4.79 Å². The molecule has 1 aromatic heterocycles. The Labute approximate surface area is 93.3 Å². The Kier molecular flexibility index (Phi) is 3.33. The van der Waals surface area contributed by atoms with Gasteiger partial charge in [-0.1, -0.05) is 0 Å². The minimum atomic E-state index is -0.0583. The van der Waals surface area contributed by atoms with Gasteiger partial charge >= 0.3 is 0 Å². The molecule has 4 nitrogen and oxygen atoms in total. The largest absolute Gasteiger partial charge is 0.302 e. The molecule has 0 spiro atoms. The van der Waals surface area contributed by atoms with Crippen LogP contribution in [0.5, 0.6) is 0 Å². The Balaban J connectivity index is 1.91. The van der Waals surface area contributed by atoms with Crippen LogP contribution in [0.1, 0.15) is 24.6 Å². The fourth-order valence-electron chi connectivity index (χ4n) is 1.75. The zero-order valence-corrected chi connectivity index (χ0v) is 9.64. The molecular weight excluding hydrogens is 210 g/mol. The molecule has 0 aliphatic carbocycles. The van der Waals surface area contributed by atoms with E-state index in [0.717, 1.165) is 6.54 Å². The van der Waals surface area contributed by atoms with Crippen LogP contribution in [0.15, 0.2) is 6.20 Å². The number of likely N-dealkylation sites (tertiary alicyclic amines) is 1. The first-order valence-electron chi connectivity index (χ1n) is 5.19. The number of carbonyl (C=O) groups excluding carboxylic acids is 1. The molecule has 0 saturated carbocycles. The number of hydrogen-bond acceptors (Lipinski definition) is 4. The van der Waals surface area contributed by atoms with E-state index in [0.29, 0.717) is 5.13 Å². The third kappa shape index (κ3) is 3.00. The lowest BCUT2D eigenvalue weighted by Crippen LogP contribution is -2.17. The Morgan fingerprint density at radius 1 is 1.60 bits per heavy atom. The van der Waals surface area contributed by atoms with Crippen molar-refractivity contribution in [1.29, 1.82) is 0 Å². The molecule has 0 atom stereocenters. The van der Waals surface area contributed by atoms with Gasteiger partial charge in [-0.15, -0.1) is 11.3 Å². The molecule has 1 aromatic rings. The average molecular weight is 225 g/mol. The van der Waals surface area contributed by atoms with Gasteiger partial charge in [0, 0.05) is 24.5 Å².